The molecule has 8 heteroatoms. The number of alkyl halides is 2. The van der Waals surface area contributed by atoms with Gasteiger partial charge in [0.15, 0.2) is 0 Å². The van der Waals surface area contributed by atoms with Crippen molar-refractivity contribution < 1.29 is 13.6 Å². The Balaban J connectivity index is 2.07. The van der Waals surface area contributed by atoms with E-state index in [0.717, 1.165) is 17.1 Å². The number of pyridine rings is 1. The summed E-state index contributed by atoms with van der Waals surface area (Å²) in [5.41, 5.74) is 0.229. The average molecular weight is 253 g/mol. The number of aromatic nitrogens is 3. The molecule has 0 aliphatic heterocycles. The van der Waals surface area contributed by atoms with Gasteiger partial charge in [0, 0.05) is 0 Å². The quantitative estimate of drug-likeness (QED) is 0.804. The summed E-state index contributed by atoms with van der Waals surface area (Å²) in [7, 11) is 0. The van der Waals surface area contributed by atoms with Crippen molar-refractivity contribution >= 4 is 11.6 Å². The molecule has 0 aliphatic rings. The minimum Gasteiger partial charge on any atom is -0.323 e. The molecule has 0 aliphatic carbocycles. The Bertz CT molecular complexity index is 552. The number of halogens is 2. The Kier molecular flexibility index (Phi) is 3.18. The molecular formula is C10H9F2N5O. The number of hydrogen-bond acceptors (Lipinski definition) is 4. The van der Waals surface area contributed by atoms with E-state index in [4.69, 9.17) is 5.84 Å². The summed E-state index contributed by atoms with van der Waals surface area (Å²) in [5.74, 6) is 4.85. The Morgan fingerprint density at radius 2 is 2.17 bits per heavy atom. The monoisotopic (exact) mass is 253 g/mol. The smallest absolute Gasteiger partial charge is 0.280 e. The second-order valence-electron chi connectivity index (χ2n) is 3.44. The Morgan fingerprint density at radius 3 is 2.67 bits per heavy atom. The topological polar surface area (TPSA) is 85.8 Å². The number of anilines is 1. The Labute approximate surface area is 100 Å². The number of nitrogens with zero attached hydrogens (tertiary/aromatic N) is 3. The lowest BCUT2D eigenvalue weighted by Crippen LogP contribution is -2.12. The highest BCUT2D eigenvalue weighted by atomic mass is 19.3. The summed E-state index contributed by atoms with van der Waals surface area (Å²) in [6, 6.07) is 2.49. The van der Waals surface area contributed by atoms with Crippen LogP contribution in [0.3, 0.4) is 0 Å². The lowest BCUT2D eigenvalue weighted by molar-refractivity contribution is 0.102. The molecule has 0 saturated carbocycles. The van der Waals surface area contributed by atoms with Crippen molar-refractivity contribution in [1.29, 1.82) is 0 Å². The van der Waals surface area contributed by atoms with Crippen molar-refractivity contribution in [2.45, 2.75) is 6.43 Å². The molecule has 2 aromatic heterocycles. The number of carbonyl (C=O) groups is 1. The van der Waals surface area contributed by atoms with E-state index in [1.165, 1.54) is 18.5 Å². The predicted molar refractivity (Wildman–Crippen MR) is 59.5 cm³/mol. The number of nitrogen functional groups attached to an aromatic ring is 1. The largest absolute Gasteiger partial charge is 0.323 e. The summed E-state index contributed by atoms with van der Waals surface area (Å²) in [6.45, 7) is 0. The molecule has 0 atom stereocenters. The van der Waals surface area contributed by atoms with Crippen LogP contribution < -0.4 is 11.2 Å². The molecule has 1 amide bonds. The van der Waals surface area contributed by atoms with Crippen molar-refractivity contribution in [3.8, 4) is 0 Å². The van der Waals surface area contributed by atoms with Gasteiger partial charge in [-0.1, -0.05) is 0 Å². The molecule has 0 fully saturated rings. The molecule has 2 rings (SSSR count). The Hall–Kier alpha value is -2.51. The second-order valence-corrected chi connectivity index (χ2v) is 3.44. The molecule has 18 heavy (non-hydrogen) atoms. The van der Waals surface area contributed by atoms with Crippen molar-refractivity contribution in [3.05, 3.63) is 42.0 Å². The van der Waals surface area contributed by atoms with Gasteiger partial charge in [0.05, 0.1) is 29.8 Å². The van der Waals surface area contributed by atoms with Crippen molar-refractivity contribution in [3.63, 3.8) is 0 Å². The lowest BCUT2D eigenvalue weighted by Gasteiger charge is -2.04. The summed E-state index contributed by atoms with van der Waals surface area (Å²) in [6.07, 6.45) is 1.14. The van der Waals surface area contributed by atoms with Crippen LogP contribution in [0.2, 0.25) is 0 Å². The molecule has 6 nitrogen and oxygen atoms in total. The first-order chi connectivity index (χ1) is 8.56. The van der Waals surface area contributed by atoms with Gasteiger partial charge < -0.3 is 11.2 Å². The van der Waals surface area contributed by atoms with Gasteiger partial charge in [0.2, 0.25) is 0 Å². The fraction of sp³-hybridized carbons (Fsp3) is 0.100. The van der Waals surface area contributed by atoms with Crippen molar-refractivity contribution in [1.82, 2.24) is 14.9 Å². The van der Waals surface area contributed by atoms with Gasteiger partial charge in [-0.2, -0.15) is 9.89 Å². The van der Waals surface area contributed by atoms with E-state index in [2.05, 4.69) is 15.4 Å². The van der Waals surface area contributed by atoms with E-state index in [1.54, 1.807) is 0 Å². The van der Waals surface area contributed by atoms with Crippen LogP contribution in [0.1, 0.15) is 22.5 Å². The molecule has 0 unspecified atom stereocenters. The molecule has 0 spiro atoms. The van der Waals surface area contributed by atoms with E-state index in [1.807, 2.05) is 0 Å². The fourth-order valence-corrected chi connectivity index (χ4v) is 1.27. The van der Waals surface area contributed by atoms with Crippen LogP contribution in [0.15, 0.2) is 30.7 Å². The van der Waals surface area contributed by atoms with Gasteiger partial charge >= 0.3 is 0 Å². The molecule has 0 radical (unpaired) electrons. The van der Waals surface area contributed by atoms with Gasteiger partial charge in [0.1, 0.15) is 5.69 Å². The van der Waals surface area contributed by atoms with Crippen LogP contribution in [0.25, 0.3) is 0 Å². The molecule has 3 N–H and O–H groups in total. The minimum atomic E-state index is -2.63. The summed E-state index contributed by atoms with van der Waals surface area (Å²) in [4.78, 5) is 16.2. The van der Waals surface area contributed by atoms with E-state index in [9.17, 15) is 13.6 Å². The van der Waals surface area contributed by atoms with E-state index in [0.29, 0.717) is 5.69 Å². The van der Waals surface area contributed by atoms with Crippen LogP contribution in [-0.4, -0.2) is 20.8 Å². The number of carbonyl (C=O) groups excluding carboxylic acids is 1. The summed E-state index contributed by atoms with van der Waals surface area (Å²) < 4.78 is 24.5. The predicted octanol–water partition coefficient (Wildman–Crippen LogP) is 1.18. The molecule has 0 aromatic carbocycles. The van der Waals surface area contributed by atoms with Crippen LogP contribution >= 0.6 is 0 Å². The third-order valence-electron chi connectivity index (χ3n) is 2.13. The van der Waals surface area contributed by atoms with Crippen LogP contribution in [0.5, 0.6) is 0 Å². The van der Waals surface area contributed by atoms with Gasteiger partial charge in [0.25, 0.3) is 12.3 Å². The Morgan fingerprint density at radius 1 is 1.39 bits per heavy atom. The highest BCUT2D eigenvalue weighted by Crippen LogP contribution is 2.17. The van der Waals surface area contributed by atoms with E-state index >= 15 is 0 Å². The van der Waals surface area contributed by atoms with Gasteiger partial charge in [-0.05, 0) is 12.1 Å². The SMILES string of the molecule is Nn1cc(C(=O)Nc2ccc(C(F)F)nc2)cn1. The normalized spacial score (nSPS) is 10.6. The molecule has 0 bridgehead atoms. The van der Waals surface area contributed by atoms with Crippen molar-refractivity contribution in [2.24, 2.45) is 0 Å². The second kappa shape index (κ2) is 4.78. The van der Waals surface area contributed by atoms with E-state index in [-0.39, 0.29) is 11.3 Å². The van der Waals surface area contributed by atoms with Crippen LogP contribution in [-0.2, 0) is 0 Å². The zero-order chi connectivity index (χ0) is 13.1. The first-order valence-electron chi connectivity index (χ1n) is 4.91. The zero-order valence-corrected chi connectivity index (χ0v) is 9.05. The summed E-state index contributed by atoms with van der Waals surface area (Å²) >= 11 is 0. The number of hydrogen-bond donors (Lipinski definition) is 2. The maximum Gasteiger partial charge on any atom is 0.280 e. The molecule has 2 heterocycles. The number of amides is 1. The standard InChI is InChI=1S/C10H9F2N5O/c11-9(12)8-2-1-7(4-14-8)16-10(18)6-3-15-17(13)5-6/h1-5,9H,13H2,(H,16,18). The molecular weight excluding hydrogens is 244 g/mol. The molecule has 94 valence electrons. The fourth-order valence-electron chi connectivity index (χ4n) is 1.27. The van der Waals surface area contributed by atoms with Crippen LogP contribution in [0, 0.1) is 0 Å². The average Bonchev–Trinajstić information content (AvgIpc) is 2.76. The third kappa shape index (κ3) is 2.59. The molecule has 0 saturated heterocycles. The minimum absolute atomic E-state index is 0.260. The van der Waals surface area contributed by atoms with Gasteiger partial charge in [-0.25, -0.2) is 8.78 Å². The highest BCUT2D eigenvalue weighted by Gasteiger charge is 2.11. The number of rotatable bonds is 3. The molecule has 2 aromatic rings. The highest BCUT2D eigenvalue weighted by molar-refractivity contribution is 6.03. The zero-order valence-electron chi connectivity index (χ0n) is 9.05. The first kappa shape index (κ1) is 12.0. The number of nitrogens with two attached hydrogens (primary N) is 1. The van der Waals surface area contributed by atoms with Crippen LogP contribution in [0.4, 0.5) is 14.5 Å². The number of nitrogens with one attached hydrogen (secondary N) is 1. The van der Waals surface area contributed by atoms with Gasteiger partial charge in [-0.15, -0.1) is 0 Å². The maximum absolute atomic E-state index is 12.3. The third-order valence-corrected chi connectivity index (χ3v) is 2.13. The van der Waals surface area contributed by atoms with E-state index < -0.39 is 12.3 Å². The van der Waals surface area contributed by atoms with Crippen molar-refractivity contribution in [2.75, 3.05) is 11.2 Å². The van der Waals surface area contributed by atoms with Gasteiger partial charge in [-0.3, -0.25) is 9.78 Å². The maximum atomic E-state index is 12.3. The lowest BCUT2D eigenvalue weighted by atomic mass is 10.3. The summed E-state index contributed by atoms with van der Waals surface area (Å²) in [5, 5.41) is 6.12. The first-order valence-corrected chi connectivity index (χ1v) is 4.91.